The van der Waals surface area contributed by atoms with Gasteiger partial charge in [0, 0.05) is 81.4 Å². The third-order valence-corrected chi connectivity index (χ3v) is 25.6. The molecule has 2 aromatic heterocycles. The predicted molar refractivity (Wildman–Crippen MR) is 482 cm³/mol. The number of benzene rings is 12. The van der Waals surface area contributed by atoms with E-state index >= 15 is 0 Å². The number of halogens is 5. The minimum Gasteiger partial charge on any atom is -0.354 e. The van der Waals surface area contributed by atoms with Gasteiger partial charge in [0.2, 0.25) is 0 Å². The van der Waals surface area contributed by atoms with Gasteiger partial charge in [0.15, 0.2) is 23.1 Å². The molecule has 0 fully saturated rings. The van der Waals surface area contributed by atoms with Gasteiger partial charge in [0.25, 0.3) is 40.1 Å². The molecule has 12 aromatic carbocycles. The standard InChI is InChI=1S/C24H18ClN3O3S.C23H21ClFNO3S.C23H16ClNO3S2.C23H22ClNO3S/c25-18-8-13-23(22(15-18)24(29)17-5-2-1-3-6-17)28-32(30,31)21-11-9-19(10-12-21)27-20-7-4-14-26-16-20;1-23(2,3)16-6-11-19(12-7-16)30(28,29)26-21-13-8-17(24)14-20(21)22(27)15-4-9-18(25)10-5-15;24-18-10-13-21(20(15-18)23(26)17-5-2-1-3-6-17)25-30(27,28)19-11-8-16(9-12-19)22-7-4-14-29-22;1-2-3-7-17-10-13-20(14-11-17)29(27,28)25-22-15-12-19(24)16-21(22)23(26)18-8-5-4-6-9-18/h1-16,27-28H;4-14,26H,1-3H3;1-15,25H;4-6,8-16,25H,2-3,7H2,1H3. The summed E-state index contributed by atoms with van der Waals surface area (Å²) in [5, 5.41) is 6.42. The van der Waals surface area contributed by atoms with Gasteiger partial charge >= 0.3 is 0 Å². The van der Waals surface area contributed by atoms with Gasteiger partial charge in [-0.15, -0.1) is 11.3 Å². The number of nitrogens with zero attached hydrogens (tertiary/aromatic N) is 1. The average Bonchev–Trinajstić information content (AvgIpc) is 1.17. The molecule has 14 aromatic rings. The molecule has 0 aliphatic carbocycles. The molecule has 121 heavy (non-hydrogen) atoms. The van der Waals surface area contributed by atoms with E-state index in [9.17, 15) is 57.2 Å². The van der Waals surface area contributed by atoms with Crippen LogP contribution in [-0.2, 0) is 51.9 Å². The van der Waals surface area contributed by atoms with Gasteiger partial charge in [-0.2, -0.15) is 0 Å². The first-order valence-electron chi connectivity index (χ1n) is 37.2. The number of hydrogen-bond acceptors (Lipinski definition) is 15. The molecule has 0 bridgehead atoms. The maximum Gasteiger partial charge on any atom is 0.261 e. The summed E-state index contributed by atoms with van der Waals surface area (Å²) in [7, 11) is -15.6. The zero-order valence-electron chi connectivity index (χ0n) is 65.1. The van der Waals surface area contributed by atoms with Gasteiger partial charge in [-0.3, -0.25) is 43.1 Å². The first kappa shape index (κ1) is 89.8. The van der Waals surface area contributed by atoms with E-state index in [2.05, 4.69) is 36.1 Å². The second kappa shape index (κ2) is 40.4. The van der Waals surface area contributed by atoms with Crippen LogP contribution < -0.4 is 24.2 Å². The van der Waals surface area contributed by atoms with Crippen molar-refractivity contribution in [2.75, 3.05) is 24.2 Å². The number of hydrogen-bond donors (Lipinski definition) is 5. The van der Waals surface area contributed by atoms with Crippen LogP contribution in [0.3, 0.4) is 0 Å². The summed E-state index contributed by atoms with van der Waals surface area (Å²) in [4.78, 5) is 57.1. The molecule has 0 aliphatic heterocycles. The van der Waals surface area contributed by atoms with Crippen LogP contribution in [0.5, 0.6) is 0 Å². The molecule has 28 heteroatoms. The van der Waals surface area contributed by atoms with Gasteiger partial charge in [0.05, 0.1) is 54.2 Å². The van der Waals surface area contributed by atoms with Crippen LogP contribution in [0, 0.1) is 5.82 Å². The van der Waals surface area contributed by atoms with Gasteiger partial charge in [-0.05, 0) is 216 Å². The Labute approximate surface area is 726 Å². The van der Waals surface area contributed by atoms with Gasteiger partial charge in [0.1, 0.15) is 5.82 Å². The predicted octanol–water partition coefficient (Wildman–Crippen LogP) is 23.1. The molecular formula is C93H77Cl4FN6O12S5. The van der Waals surface area contributed by atoms with Crippen LogP contribution in [0.4, 0.5) is 38.5 Å². The Morgan fingerprint density at radius 3 is 1.06 bits per heavy atom. The van der Waals surface area contributed by atoms with E-state index in [0.717, 1.165) is 46.5 Å². The number of aryl methyl sites for hydroxylation is 1. The highest BCUT2D eigenvalue weighted by Crippen LogP contribution is 2.34. The molecule has 14 rings (SSSR count). The molecule has 0 unspecified atom stereocenters. The number of carbonyl (C=O) groups excluding carboxylic acids is 4. The van der Waals surface area contributed by atoms with Crippen molar-refractivity contribution >= 4 is 155 Å². The molecule has 616 valence electrons. The number of anilines is 6. The number of ketones is 4. The summed E-state index contributed by atoms with van der Waals surface area (Å²) in [6, 6.07) is 82.6. The number of carbonyl (C=O) groups is 4. The van der Waals surface area contributed by atoms with E-state index in [-0.39, 0.29) is 97.9 Å². The van der Waals surface area contributed by atoms with Crippen molar-refractivity contribution in [3.05, 3.63) is 409 Å². The number of rotatable bonds is 26. The number of unbranched alkanes of at least 4 members (excludes halogenated alkanes) is 1. The summed E-state index contributed by atoms with van der Waals surface area (Å²) in [5.74, 6) is -1.90. The molecule has 2 heterocycles. The third-order valence-electron chi connectivity index (χ3n) is 18.3. The Kier molecular flexibility index (Phi) is 30.0. The molecule has 18 nitrogen and oxygen atoms in total. The second-order valence-electron chi connectivity index (χ2n) is 28.0. The average molecular weight is 1790 g/mol. The fourth-order valence-corrected chi connectivity index (χ4v) is 17.6. The highest BCUT2D eigenvalue weighted by molar-refractivity contribution is 7.93. The van der Waals surface area contributed by atoms with Crippen molar-refractivity contribution in [1.82, 2.24) is 4.98 Å². The van der Waals surface area contributed by atoms with Crippen molar-refractivity contribution < 1.29 is 57.2 Å². The van der Waals surface area contributed by atoms with E-state index in [1.54, 1.807) is 188 Å². The van der Waals surface area contributed by atoms with Crippen LogP contribution in [0.2, 0.25) is 20.1 Å². The second-order valence-corrected chi connectivity index (χ2v) is 37.4. The minimum atomic E-state index is -3.94. The van der Waals surface area contributed by atoms with Crippen LogP contribution in [0.1, 0.15) is 115 Å². The number of sulfonamides is 4. The maximum atomic E-state index is 13.2. The lowest BCUT2D eigenvalue weighted by atomic mass is 9.87. The first-order chi connectivity index (χ1) is 57.7. The van der Waals surface area contributed by atoms with E-state index in [0.29, 0.717) is 37.4 Å². The first-order valence-corrected chi connectivity index (χ1v) is 45.6. The number of nitrogens with one attached hydrogen (secondary N) is 5. The van der Waals surface area contributed by atoms with E-state index in [4.69, 9.17) is 46.4 Å². The summed E-state index contributed by atoms with van der Waals surface area (Å²) in [6.45, 7) is 8.23. The van der Waals surface area contributed by atoms with E-state index in [1.807, 2.05) is 62.5 Å². The topological polar surface area (TPSA) is 278 Å². The molecular weight excluding hydrogens is 1710 g/mol. The summed E-state index contributed by atoms with van der Waals surface area (Å²) >= 11 is 25.8. The zero-order chi connectivity index (χ0) is 86.7. The highest BCUT2D eigenvalue weighted by Gasteiger charge is 2.27. The Balaban J connectivity index is 0.000000158. The molecule has 0 spiro atoms. The lowest BCUT2D eigenvalue weighted by Crippen LogP contribution is -2.17. The number of aromatic nitrogens is 1. The molecule has 0 atom stereocenters. The molecule has 0 amide bonds. The van der Waals surface area contributed by atoms with E-state index < -0.39 is 51.7 Å². The van der Waals surface area contributed by atoms with Crippen LogP contribution in [0.15, 0.2) is 347 Å². The maximum absolute atomic E-state index is 13.2. The fourth-order valence-electron chi connectivity index (χ4n) is 11.9. The lowest BCUT2D eigenvalue weighted by molar-refractivity contribution is 0.103. The smallest absolute Gasteiger partial charge is 0.261 e. The number of thiophene rings is 1. The van der Waals surface area contributed by atoms with E-state index in [1.165, 1.54) is 109 Å². The molecule has 0 aliphatic rings. The van der Waals surface area contributed by atoms with Crippen LogP contribution in [-0.4, -0.2) is 61.8 Å². The Bertz CT molecular complexity index is 6490. The Hall–Kier alpha value is -11.9. The Morgan fingerprint density at radius 2 is 0.727 bits per heavy atom. The fraction of sp³-hybridized carbons (Fsp3) is 0.0860. The Morgan fingerprint density at radius 1 is 0.380 bits per heavy atom. The monoisotopic (exact) mass is 1790 g/mol. The molecule has 0 radical (unpaired) electrons. The summed E-state index contributed by atoms with van der Waals surface area (Å²) in [6.07, 6.45) is 6.38. The largest absolute Gasteiger partial charge is 0.354 e. The van der Waals surface area contributed by atoms with Gasteiger partial charge in [-0.1, -0.05) is 214 Å². The van der Waals surface area contributed by atoms with Crippen LogP contribution >= 0.6 is 57.7 Å². The lowest BCUT2D eigenvalue weighted by Gasteiger charge is -2.19. The summed E-state index contributed by atoms with van der Waals surface area (Å²) in [5.41, 5.74) is 7.21. The highest BCUT2D eigenvalue weighted by atomic mass is 35.5. The van der Waals surface area contributed by atoms with Crippen molar-refractivity contribution in [2.45, 2.75) is 72.0 Å². The van der Waals surface area contributed by atoms with Gasteiger partial charge < -0.3 is 5.32 Å². The SMILES string of the molecule is CC(C)(C)c1ccc(S(=O)(=O)Nc2ccc(Cl)cc2C(=O)c2ccc(F)cc2)cc1.CCCCc1ccc(S(=O)(=O)Nc2ccc(Cl)cc2C(=O)c2ccccc2)cc1.O=C(c1ccccc1)c1cc(Cl)ccc1NS(=O)(=O)c1ccc(-c2cccs2)cc1.O=C(c1ccccc1)c1cc(Cl)ccc1NS(=O)(=O)c1ccc(Nc2cccnc2)cc1. The van der Waals surface area contributed by atoms with Crippen molar-refractivity contribution in [1.29, 1.82) is 0 Å². The molecule has 0 saturated heterocycles. The van der Waals surface area contributed by atoms with Gasteiger partial charge in [-0.25, -0.2) is 38.1 Å². The summed E-state index contributed by atoms with van der Waals surface area (Å²) < 4.78 is 127. The molecule has 5 N–H and O–H groups in total. The van der Waals surface area contributed by atoms with Crippen LogP contribution in [0.25, 0.3) is 10.4 Å². The number of pyridine rings is 1. The zero-order valence-corrected chi connectivity index (χ0v) is 72.2. The minimum absolute atomic E-state index is 0.0577. The third kappa shape index (κ3) is 24.4. The molecule has 0 saturated carbocycles. The van der Waals surface area contributed by atoms with Crippen molar-refractivity contribution in [2.24, 2.45) is 0 Å². The quantitative estimate of drug-likeness (QED) is 0.0315. The van der Waals surface area contributed by atoms with Crippen molar-refractivity contribution in [3.63, 3.8) is 0 Å². The normalized spacial score (nSPS) is 11.3. The van der Waals surface area contributed by atoms with Crippen molar-refractivity contribution in [3.8, 4) is 10.4 Å².